The first-order chi connectivity index (χ1) is 11.0. The van der Waals surface area contributed by atoms with Gasteiger partial charge in [0.15, 0.2) is 0 Å². The van der Waals surface area contributed by atoms with E-state index in [2.05, 4.69) is 10.3 Å². The molecule has 0 unspecified atom stereocenters. The van der Waals surface area contributed by atoms with Gasteiger partial charge in [0.05, 0.1) is 0 Å². The van der Waals surface area contributed by atoms with E-state index in [4.69, 9.17) is 5.41 Å². The highest BCUT2D eigenvalue weighted by Crippen LogP contribution is 2.12. The third kappa shape index (κ3) is 5.10. The molecule has 0 bridgehead atoms. The summed E-state index contributed by atoms with van der Waals surface area (Å²) in [6, 6.07) is 7.95. The predicted octanol–water partition coefficient (Wildman–Crippen LogP) is 3.46. The Hall–Kier alpha value is -2.89. The minimum atomic E-state index is -0.532. The molecule has 1 amide bonds. The van der Waals surface area contributed by atoms with Crippen LogP contribution in [0.2, 0.25) is 0 Å². The molecule has 0 aliphatic carbocycles. The number of nitrogens with zero attached hydrogens (tertiary/aromatic N) is 1. The fourth-order valence-corrected chi connectivity index (χ4v) is 1.71. The highest BCUT2D eigenvalue weighted by atomic mass is 19.1. The van der Waals surface area contributed by atoms with Gasteiger partial charge in [-0.2, -0.15) is 0 Å². The zero-order chi connectivity index (χ0) is 17.4. The van der Waals surface area contributed by atoms with Gasteiger partial charge in [-0.25, -0.2) is 9.37 Å². The average molecular weight is 315 g/mol. The molecule has 120 valence electrons. The molecule has 1 aromatic carbocycles. The molecule has 1 aromatic heterocycles. The molecule has 0 aliphatic heterocycles. The number of carbonyl (C=O) groups is 2. The first-order valence-electron chi connectivity index (χ1n) is 7.10. The predicted molar refractivity (Wildman–Crippen MR) is 87.4 cm³/mol. The lowest BCUT2D eigenvalue weighted by molar-refractivity contribution is -0.114. The summed E-state index contributed by atoms with van der Waals surface area (Å²) in [5.41, 5.74) is 0.289. The van der Waals surface area contributed by atoms with Crippen LogP contribution >= 0.6 is 0 Å². The lowest BCUT2D eigenvalue weighted by Gasteiger charge is -2.06. The van der Waals surface area contributed by atoms with Crippen LogP contribution in [0.3, 0.4) is 0 Å². The van der Waals surface area contributed by atoms with Crippen molar-refractivity contribution in [3.63, 3.8) is 0 Å². The van der Waals surface area contributed by atoms with Gasteiger partial charge in [-0.05, 0) is 36.4 Å². The molecule has 1 heterocycles. The largest absolute Gasteiger partial charge is 0.311 e. The van der Waals surface area contributed by atoms with Gasteiger partial charge >= 0.3 is 0 Å². The normalized spacial score (nSPS) is 9.39. The van der Waals surface area contributed by atoms with Crippen molar-refractivity contribution in [3.8, 4) is 0 Å². The van der Waals surface area contributed by atoms with Crippen LogP contribution in [-0.2, 0) is 4.79 Å². The van der Waals surface area contributed by atoms with Crippen molar-refractivity contribution in [1.29, 1.82) is 5.41 Å². The second kappa shape index (κ2) is 8.53. The Balaban J connectivity index is 0.00000127. The van der Waals surface area contributed by atoms with Gasteiger partial charge in [0.25, 0.3) is 0 Å². The van der Waals surface area contributed by atoms with Gasteiger partial charge < -0.3 is 5.32 Å². The topological polar surface area (TPSA) is 82.9 Å². The van der Waals surface area contributed by atoms with Crippen LogP contribution in [0, 0.1) is 11.2 Å². The van der Waals surface area contributed by atoms with Crippen LogP contribution in [0.5, 0.6) is 0 Å². The van der Waals surface area contributed by atoms with E-state index in [1.165, 1.54) is 49.5 Å². The van der Waals surface area contributed by atoms with Gasteiger partial charge in [-0.3, -0.25) is 15.0 Å². The number of rotatable bonds is 4. The van der Waals surface area contributed by atoms with E-state index in [0.717, 1.165) is 0 Å². The maximum atomic E-state index is 12.8. The Kier molecular flexibility index (Phi) is 6.73. The monoisotopic (exact) mass is 315 g/mol. The standard InChI is InChI=1S/C15H12FN3O2.C2H6/c1-9(20)19-13-8-11(6-7-18-13)15(21)14(17)10-2-4-12(16)5-3-10;1-2/h2-8,17H,1H3,(H,18,19,20);1-2H3. The molecule has 0 saturated carbocycles. The number of aromatic nitrogens is 1. The zero-order valence-corrected chi connectivity index (χ0v) is 13.2. The molecule has 2 aromatic rings. The Morgan fingerprint density at radius 1 is 1.09 bits per heavy atom. The third-order valence-electron chi connectivity index (χ3n) is 2.69. The fourth-order valence-electron chi connectivity index (χ4n) is 1.71. The number of carbonyl (C=O) groups excluding carboxylic acids is 2. The van der Waals surface area contributed by atoms with Gasteiger partial charge in [0.1, 0.15) is 17.3 Å². The quantitative estimate of drug-likeness (QED) is 0.669. The van der Waals surface area contributed by atoms with Crippen molar-refractivity contribution in [2.24, 2.45) is 0 Å². The molecule has 0 atom stereocenters. The Morgan fingerprint density at radius 3 is 2.26 bits per heavy atom. The number of benzene rings is 1. The number of amides is 1. The number of pyridine rings is 1. The zero-order valence-electron chi connectivity index (χ0n) is 13.2. The second-order valence-corrected chi connectivity index (χ2v) is 4.32. The molecule has 5 nitrogen and oxygen atoms in total. The Labute approximate surface area is 134 Å². The first-order valence-corrected chi connectivity index (χ1v) is 7.10. The molecular weight excluding hydrogens is 297 g/mol. The van der Waals surface area contributed by atoms with Crippen LogP contribution in [0.25, 0.3) is 0 Å². The van der Waals surface area contributed by atoms with Gasteiger partial charge in [-0.15, -0.1) is 0 Å². The number of hydrogen-bond acceptors (Lipinski definition) is 4. The van der Waals surface area contributed by atoms with E-state index >= 15 is 0 Å². The number of hydrogen-bond donors (Lipinski definition) is 2. The number of anilines is 1. The van der Waals surface area contributed by atoms with Crippen molar-refractivity contribution in [2.75, 3.05) is 5.32 Å². The second-order valence-electron chi connectivity index (χ2n) is 4.32. The highest BCUT2D eigenvalue weighted by molar-refractivity contribution is 6.50. The van der Waals surface area contributed by atoms with E-state index in [0.29, 0.717) is 5.56 Å². The number of nitrogens with one attached hydrogen (secondary N) is 2. The third-order valence-corrected chi connectivity index (χ3v) is 2.69. The molecule has 0 radical (unpaired) electrons. The van der Waals surface area contributed by atoms with Crippen molar-refractivity contribution in [3.05, 3.63) is 59.5 Å². The molecular formula is C17H18FN3O2. The average Bonchev–Trinajstić information content (AvgIpc) is 2.56. The van der Waals surface area contributed by atoms with E-state index in [1.807, 2.05) is 13.8 Å². The smallest absolute Gasteiger partial charge is 0.222 e. The van der Waals surface area contributed by atoms with Gasteiger partial charge in [0.2, 0.25) is 11.7 Å². The molecule has 0 aliphatic rings. The highest BCUT2D eigenvalue weighted by Gasteiger charge is 2.15. The molecule has 23 heavy (non-hydrogen) atoms. The van der Waals surface area contributed by atoms with Crippen LogP contribution in [0.15, 0.2) is 42.6 Å². The summed E-state index contributed by atoms with van der Waals surface area (Å²) in [5.74, 6) is -1.03. The summed E-state index contributed by atoms with van der Waals surface area (Å²) in [6.07, 6.45) is 1.37. The number of halogens is 1. The van der Waals surface area contributed by atoms with E-state index < -0.39 is 11.6 Å². The van der Waals surface area contributed by atoms with Crippen LogP contribution in [-0.4, -0.2) is 22.4 Å². The summed E-state index contributed by atoms with van der Waals surface area (Å²) in [4.78, 5) is 27.1. The first kappa shape index (κ1) is 18.2. The summed E-state index contributed by atoms with van der Waals surface area (Å²) < 4.78 is 12.8. The van der Waals surface area contributed by atoms with Crippen LogP contribution in [0.4, 0.5) is 10.2 Å². The van der Waals surface area contributed by atoms with Crippen molar-refractivity contribution < 1.29 is 14.0 Å². The van der Waals surface area contributed by atoms with E-state index in [9.17, 15) is 14.0 Å². The summed E-state index contributed by atoms with van der Waals surface area (Å²) in [5, 5.41) is 10.3. The van der Waals surface area contributed by atoms with E-state index in [-0.39, 0.29) is 23.0 Å². The van der Waals surface area contributed by atoms with Crippen molar-refractivity contribution in [2.45, 2.75) is 20.8 Å². The van der Waals surface area contributed by atoms with Crippen molar-refractivity contribution >= 4 is 23.2 Å². The molecule has 6 heteroatoms. The lowest BCUT2D eigenvalue weighted by Crippen LogP contribution is -2.15. The SMILES string of the molecule is CC.CC(=O)Nc1cc(C(=O)C(=N)c2ccc(F)cc2)ccn1. The summed E-state index contributed by atoms with van der Waals surface area (Å²) in [7, 11) is 0. The molecule has 0 fully saturated rings. The van der Waals surface area contributed by atoms with E-state index in [1.54, 1.807) is 0 Å². The molecule has 0 saturated heterocycles. The van der Waals surface area contributed by atoms with Crippen LogP contribution < -0.4 is 5.32 Å². The lowest BCUT2D eigenvalue weighted by atomic mass is 10.0. The minimum absolute atomic E-state index is 0.225. The van der Waals surface area contributed by atoms with Crippen LogP contribution in [0.1, 0.15) is 36.7 Å². The molecule has 2 rings (SSSR count). The van der Waals surface area contributed by atoms with Crippen molar-refractivity contribution in [1.82, 2.24) is 4.98 Å². The Morgan fingerprint density at radius 2 is 1.70 bits per heavy atom. The fraction of sp³-hybridized carbons (Fsp3) is 0.176. The number of ketones is 1. The molecule has 2 N–H and O–H groups in total. The Bertz CT molecular complexity index is 712. The summed E-state index contributed by atoms with van der Waals surface area (Å²) in [6.45, 7) is 5.33. The maximum Gasteiger partial charge on any atom is 0.222 e. The minimum Gasteiger partial charge on any atom is -0.311 e. The summed E-state index contributed by atoms with van der Waals surface area (Å²) >= 11 is 0. The molecule has 0 spiro atoms. The van der Waals surface area contributed by atoms with Gasteiger partial charge in [0, 0.05) is 24.2 Å². The van der Waals surface area contributed by atoms with Gasteiger partial charge in [-0.1, -0.05) is 13.8 Å². The number of Topliss-reactive ketones (excluding diaryl/α,β-unsaturated/α-hetero) is 1. The maximum absolute atomic E-state index is 12.8.